The predicted molar refractivity (Wildman–Crippen MR) is 84.7 cm³/mol. The van der Waals surface area contributed by atoms with E-state index in [2.05, 4.69) is 25.2 Å². The number of ether oxygens (including phenoxy) is 1. The zero-order chi connectivity index (χ0) is 15.2. The van der Waals surface area contributed by atoms with Crippen molar-refractivity contribution in [2.75, 3.05) is 26.7 Å². The number of hydrogen-bond acceptors (Lipinski definition) is 3. The number of nitrogens with one attached hydrogen (secondary N) is 1. The van der Waals surface area contributed by atoms with Gasteiger partial charge in [0.15, 0.2) is 0 Å². The van der Waals surface area contributed by atoms with E-state index in [1.807, 2.05) is 24.1 Å². The lowest BCUT2D eigenvalue weighted by molar-refractivity contribution is -0.132. The van der Waals surface area contributed by atoms with Crippen LogP contribution in [0.15, 0.2) is 18.2 Å². The Labute approximate surface area is 127 Å². The van der Waals surface area contributed by atoms with Crippen LogP contribution in [-0.2, 0) is 4.79 Å². The lowest BCUT2D eigenvalue weighted by Crippen LogP contribution is -2.41. The number of hydrogen-bond donors (Lipinski definition) is 1. The van der Waals surface area contributed by atoms with Crippen LogP contribution in [0.25, 0.3) is 0 Å². The van der Waals surface area contributed by atoms with E-state index in [0.717, 1.165) is 37.2 Å². The van der Waals surface area contributed by atoms with Crippen LogP contribution in [0.3, 0.4) is 0 Å². The lowest BCUT2D eigenvalue weighted by Gasteiger charge is -2.24. The highest BCUT2D eigenvalue weighted by Gasteiger charge is 2.27. The number of carbonyl (C=O) groups excluding carboxylic acids is 1. The highest BCUT2D eigenvalue weighted by Crippen LogP contribution is 2.21. The number of carbonyl (C=O) groups is 1. The summed E-state index contributed by atoms with van der Waals surface area (Å²) in [5, 5.41) is 3.16. The standard InChI is InChI=1S/C17H26N2O2/c1-13-6-4-8-16(14(13)2)21-11-9-17(20)19-10-5-7-15(19)12-18-3/h4,6,8,15,18H,5,7,9-12H2,1-3H3. The van der Waals surface area contributed by atoms with Crippen LogP contribution in [0, 0.1) is 13.8 Å². The number of aryl methyl sites for hydroxylation is 1. The first-order chi connectivity index (χ1) is 10.1. The first-order valence-corrected chi connectivity index (χ1v) is 7.76. The second kappa shape index (κ2) is 7.46. The molecule has 4 heteroatoms. The lowest BCUT2D eigenvalue weighted by atomic mass is 10.1. The third-order valence-electron chi connectivity index (χ3n) is 4.27. The Morgan fingerprint density at radius 2 is 2.24 bits per heavy atom. The molecule has 116 valence electrons. The van der Waals surface area contributed by atoms with Crippen molar-refractivity contribution in [2.24, 2.45) is 0 Å². The highest BCUT2D eigenvalue weighted by atomic mass is 16.5. The van der Waals surface area contributed by atoms with Gasteiger partial charge in [0.2, 0.25) is 5.91 Å². The van der Waals surface area contributed by atoms with Gasteiger partial charge in [0.25, 0.3) is 0 Å². The van der Waals surface area contributed by atoms with Gasteiger partial charge in [0.05, 0.1) is 13.0 Å². The maximum absolute atomic E-state index is 12.3. The SMILES string of the molecule is CNCC1CCCN1C(=O)CCOc1cccc(C)c1C. The summed E-state index contributed by atoms with van der Waals surface area (Å²) in [5.74, 6) is 1.09. The van der Waals surface area contributed by atoms with E-state index in [1.54, 1.807) is 0 Å². The summed E-state index contributed by atoms with van der Waals surface area (Å²) >= 11 is 0. The molecule has 1 saturated heterocycles. The van der Waals surface area contributed by atoms with Crippen molar-refractivity contribution >= 4 is 5.91 Å². The summed E-state index contributed by atoms with van der Waals surface area (Å²) in [6.07, 6.45) is 2.66. The second-order valence-electron chi connectivity index (χ2n) is 5.74. The number of likely N-dealkylation sites (tertiary alicyclic amines) is 1. The van der Waals surface area contributed by atoms with E-state index >= 15 is 0 Å². The summed E-state index contributed by atoms with van der Waals surface area (Å²) < 4.78 is 5.78. The van der Waals surface area contributed by atoms with Gasteiger partial charge in [-0.1, -0.05) is 12.1 Å². The Kier molecular flexibility index (Phi) is 5.62. The van der Waals surface area contributed by atoms with Gasteiger partial charge >= 0.3 is 0 Å². The Hall–Kier alpha value is -1.55. The molecule has 0 aliphatic carbocycles. The molecule has 0 spiro atoms. The second-order valence-corrected chi connectivity index (χ2v) is 5.74. The fraction of sp³-hybridized carbons (Fsp3) is 0.588. The average Bonchev–Trinajstić information content (AvgIpc) is 2.92. The van der Waals surface area contributed by atoms with Crippen molar-refractivity contribution < 1.29 is 9.53 Å². The van der Waals surface area contributed by atoms with Gasteiger partial charge in [-0.25, -0.2) is 0 Å². The summed E-state index contributed by atoms with van der Waals surface area (Å²) in [6, 6.07) is 6.37. The molecule has 0 aromatic heterocycles. The molecule has 0 radical (unpaired) electrons. The van der Waals surface area contributed by atoms with Crippen LogP contribution in [0.5, 0.6) is 5.75 Å². The molecule has 1 amide bonds. The maximum atomic E-state index is 12.3. The van der Waals surface area contributed by atoms with Gasteiger partial charge in [-0.05, 0) is 50.9 Å². The van der Waals surface area contributed by atoms with Crippen LogP contribution in [0.4, 0.5) is 0 Å². The van der Waals surface area contributed by atoms with Gasteiger partial charge in [0.1, 0.15) is 5.75 Å². The largest absolute Gasteiger partial charge is 0.493 e. The number of amides is 1. The normalized spacial score (nSPS) is 18.0. The first-order valence-electron chi connectivity index (χ1n) is 7.76. The van der Waals surface area contributed by atoms with Crippen LogP contribution < -0.4 is 10.1 Å². The minimum Gasteiger partial charge on any atom is -0.493 e. The summed E-state index contributed by atoms with van der Waals surface area (Å²) in [7, 11) is 1.94. The maximum Gasteiger partial charge on any atom is 0.226 e. The summed E-state index contributed by atoms with van der Waals surface area (Å²) in [6.45, 7) is 6.33. The Morgan fingerprint density at radius 3 is 3.00 bits per heavy atom. The number of nitrogens with zero attached hydrogens (tertiary/aromatic N) is 1. The number of likely N-dealkylation sites (N-methyl/N-ethyl adjacent to an activating group) is 1. The van der Waals surface area contributed by atoms with Crippen LogP contribution in [0.1, 0.15) is 30.4 Å². The molecule has 4 nitrogen and oxygen atoms in total. The van der Waals surface area contributed by atoms with Crippen LogP contribution >= 0.6 is 0 Å². The molecule has 1 N–H and O–H groups in total. The van der Waals surface area contributed by atoms with E-state index in [9.17, 15) is 4.79 Å². The van der Waals surface area contributed by atoms with Crippen molar-refractivity contribution in [3.05, 3.63) is 29.3 Å². The summed E-state index contributed by atoms with van der Waals surface area (Å²) in [4.78, 5) is 14.3. The van der Waals surface area contributed by atoms with Gasteiger partial charge in [0, 0.05) is 19.1 Å². The molecule has 1 fully saturated rings. The molecule has 1 unspecified atom stereocenters. The third-order valence-corrected chi connectivity index (χ3v) is 4.27. The Bertz CT molecular complexity index is 488. The molecule has 1 atom stereocenters. The molecule has 0 saturated carbocycles. The van der Waals surface area contributed by atoms with Crippen molar-refractivity contribution in [3.8, 4) is 5.75 Å². The van der Waals surface area contributed by atoms with Crippen molar-refractivity contribution in [2.45, 2.75) is 39.2 Å². The van der Waals surface area contributed by atoms with Gasteiger partial charge in [-0.15, -0.1) is 0 Å². The molecule has 1 aromatic carbocycles. The van der Waals surface area contributed by atoms with E-state index in [-0.39, 0.29) is 5.91 Å². The van der Waals surface area contributed by atoms with E-state index in [0.29, 0.717) is 19.1 Å². The quantitative estimate of drug-likeness (QED) is 0.874. The third kappa shape index (κ3) is 3.97. The number of benzene rings is 1. The Balaban J connectivity index is 1.83. The molecular formula is C17H26N2O2. The average molecular weight is 290 g/mol. The van der Waals surface area contributed by atoms with Gasteiger partial charge < -0.3 is 15.0 Å². The monoisotopic (exact) mass is 290 g/mol. The molecule has 1 heterocycles. The van der Waals surface area contributed by atoms with Crippen molar-refractivity contribution in [1.82, 2.24) is 10.2 Å². The molecule has 1 aliphatic heterocycles. The van der Waals surface area contributed by atoms with E-state index in [1.165, 1.54) is 5.56 Å². The van der Waals surface area contributed by atoms with Crippen molar-refractivity contribution in [1.29, 1.82) is 0 Å². The zero-order valence-corrected chi connectivity index (χ0v) is 13.3. The summed E-state index contributed by atoms with van der Waals surface area (Å²) in [5.41, 5.74) is 2.37. The van der Waals surface area contributed by atoms with Gasteiger partial charge in [-0.2, -0.15) is 0 Å². The highest BCUT2D eigenvalue weighted by molar-refractivity contribution is 5.77. The Morgan fingerprint density at radius 1 is 1.43 bits per heavy atom. The molecule has 2 rings (SSSR count). The molecule has 21 heavy (non-hydrogen) atoms. The number of rotatable bonds is 6. The van der Waals surface area contributed by atoms with Gasteiger partial charge in [-0.3, -0.25) is 4.79 Å². The minimum atomic E-state index is 0.207. The fourth-order valence-corrected chi connectivity index (χ4v) is 2.88. The van der Waals surface area contributed by atoms with Crippen LogP contribution in [-0.4, -0.2) is 43.6 Å². The fourth-order valence-electron chi connectivity index (χ4n) is 2.88. The topological polar surface area (TPSA) is 41.6 Å². The molecule has 1 aromatic rings. The first kappa shape index (κ1) is 15.8. The zero-order valence-electron chi connectivity index (χ0n) is 13.3. The molecular weight excluding hydrogens is 264 g/mol. The van der Waals surface area contributed by atoms with E-state index < -0.39 is 0 Å². The molecule has 1 aliphatic rings. The van der Waals surface area contributed by atoms with Crippen LogP contribution in [0.2, 0.25) is 0 Å². The van der Waals surface area contributed by atoms with E-state index in [4.69, 9.17) is 4.74 Å². The predicted octanol–water partition coefficient (Wildman–Crippen LogP) is 2.28. The smallest absolute Gasteiger partial charge is 0.226 e. The molecule has 0 bridgehead atoms. The van der Waals surface area contributed by atoms with Crippen molar-refractivity contribution in [3.63, 3.8) is 0 Å². The minimum absolute atomic E-state index is 0.207.